The van der Waals surface area contributed by atoms with Gasteiger partial charge in [0.05, 0.1) is 0 Å². The van der Waals surface area contributed by atoms with Gasteiger partial charge in [-0.2, -0.15) is 0 Å². The van der Waals surface area contributed by atoms with Crippen LogP contribution in [0.2, 0.25) is 0 Å². The Morgan fingerprint density at radius 3 is 2.59 bits per heavy atom. The maximum atomic E-state index is 12.0. The van der Waals surface area contributed by atoms with E-state index in [4.69, 9.17) is 4.42 Å². The molecule has 6 heteroatoms. The van der Waals surface area contributed by atoms with Gasteiger partial charge in [-0.25, -0.2) is 4.79 Å². The Bertz CT molecular complexity index is 764. The summed E-state index contributed by atoms with van der Waals surface area (Å²) < 4.78 is 5.17. The topological polar surface area (TPSA) is 88.4 Å². The molecule has 2 rings (SSSR count). The third kappa shape index (κ3) is 3.72. The molecule has 2 amide bonds. The van der Waals surface area contributed by atoms with Gasteiger partial charge in [0.2, 0.25) is 5.91 Å². The number of carbonyl (C=O) groups excluding carboxylic acids is 2. The van der Waals surface area contributed by atoms with Crippen LogP contribution in [-0.2, 0) is 4.79 Å². The summed E-state index contributed by atoms with van der Waals surface area (Å²) in [7, 11) is 0. The van der Waals surface area contributed by atoms with Crippen molar-refractivity contribution in [3.63, 3.8) is 0 Å². The first-order valence-corrected chi connectivity index (χ1v) is 7.10. The van der Waals surface area contributed by atoms with Crippen LogP contribution >= 0.6 is 0 Å². The van der Waals surface area contributed by atoms with E-state index in [0.29, 0.717) is 23.9 Å². The largest absolute Gasteiger partial charge is 0.422 e. The van der Waals surface area contributed by atoms with Crippen LogP contribution in [0.5, 0.6) is 0 Å². The van der Waals surface area contributed by atoms with E-state index in [2.05, 4.69) is 10.6 Å². The molecular formula is C16H18N2O4. The minimum Gasteiger partial charge on any atom is -0.422 e. The maximum Gasteiger partial charge on any atom is 0.349 e. The summed E-state index contributed by atoms with van der Waals surface area (Å²) in [6.07, 6.45) is 0.391. The number of nitrogens with one attached hydrogen (secondary N) is 2. The molecule has 0 spiro atoms. The summed E-state index contributed by atoms with van der Waals surface area (Å²) in [5.41, 5.74) is 0.711. The molecule has 0 aliphatic rings. The van der Waals surface area contributed by atoms with Crippen LogP contribution in [0.15, 0.2) is 33.5 Å². The summed E-state index contributed by atoms with van der Waals surface area (Å²) in [4.78, 5) is 34.9. The number of benzene rings is 1. The predicted molar refractivity (Wildman–Crippen MR) is 82.9 cm³/mol. The molecule has 0 fully saturated rings. The number of hydrogen-bond acceptors (Lipinski definition) is 4. The Hall–Kier alpha value is -2.63. The number of carbonyl (C=O) groups is 2. The molecule has 0 bridgehead atoms. The Morgan fingerprint density at radius 2 is 1.86 bits per heavy atom. The minimum atomic E-state index is -0.673. The van der Waals surface area contributed by atoms with Crippen molar-refractivity contribution in [1.29, 1.82) is 0 Å². The number of amides is 2. The smallest absolute Gasteiger partial charge is 0.349 e. The van der Waals surface area contributed by atoms with Crippen molar-refractivity contribution in [1.82, 2.24) is 10.6 Å². The van der Waals surface area contributed by atoms with Crippen LogP contribution in [0, 0.1) is 6.92 Å². The van der Waals surface area contributed by atoms with Gasteiger partial charge in [0, 0.05) is 24.9 Å². The van der Waals surface area contributed by atoms with Gasteiger partial charge in [-0.1, -0.05) is 19.1 Å². The van der Waals surface area contributed by atoms with E-state index < -0.39 is 11.5 Å². The number of aryl methyl sites for hydroxylation is 1. The molecule has 2 N–H and O–H groups in total. The van der Waals surface area contributed by atoms with Crippen molar-refractivity contribution >= 4 is 22.8 Å². The van der Waals surface area contributed by atoms with Gasteiger partial charge in [0.15, 0.2) is 0 Å². The molecule has 0 atom stereocenters. The van der Waals surface area contributed by atoms with Gasteiger partial charge in [-0.3, -0.25) is 9.59 Å². The van der Waals surface area contributed by atoms with Crippen LogP contribution in [0.1, 0.15) is 29.3 Å². The fourth-order valence-corrected chi connectivity index (χ4v) is 1.97. The van der Waals surface area contributed by atoms with E-state index in [0.717, 1.165) is 5.56 Å². The standard InChI is InChI=1S/C16H18N2O4/c1-3-14(19)17-6-7-18-15(20)12-9-11-5-4-10(2)8-13(11)22-16(12)21/h4-5,8-9H,3,6-7H2,1-2H3,(H,17,19)(H,18,20). The van der Waals surface area contributed by atoms with E-state index in [1.165, 1.54) is 6.07 Å². The molecule has 6 nitrogen and oxygen atoms in total. The fraction of sp³-hybridized carbons (Fsp3) is 0.312. The van der Waals surface area contributed by atoms with Gasteiger partial charge in [-0.15, -0.1) is 0 Å². The third-order valence-electron chi connectivity index (χ3n) is 3.19. The molecule has 1 aromatic carbocycles. The zero-order valence-electron chi connectivity index (χ0n) is 12.6. The molecule has 1 aromatic heterocycles. The second kappa shape index (κ2) is 6.89. The van der Waals surface area contributed by atoms with Gasteiger partial charge < -0.3 is 15.1 Å². The zero-order valence-corrected chi connectivity index (χ0v) is 12.6. The lowest BCUT2D eigenvalue weighted by Crippen LogP contribution is -2.36. The predicted octanol–water partition coefficient (Wildman–Crippen LogP) is 1.36. The lowest BCUT2D eigenvalue weighted by molar-refractivity contribution is -0.120. The molecule has 0 aliphatic heterocycles. The molecule has 0 aliphatic carbocycles. The quantitative estimate of drug-likeness (QED) is 0.644. The van der Waals surface area contributed by atoms with Crippen molar-refractivity contribution in [3.05, 3.63) is 45.8 Å². The highest BCUT2D eigenvalue weighted by atomic mass is 16.4. The highest BCUT2D eigenvalue weighted by Gasteiger charge is 2.13. The average molecular weight is 302 g/mol. The normalized spacial score (nSPS) is 10.5. The Labute approximate surface area is 127 Å². The van der Waals surface area contributed by atoms with Gasteiger partial charge in [0.25, 0.3) is 5.91 Å². The third-order valence-corrected chi connectivity index (χ3v) is 3.19. The van der Waals surface area contributed by atoms with Gasteiger partial charge >= 0.3 is 5.63 Å². The van der Waals surface area contributed by atoms with Crippen molar-refractivity contribution in [2.75, 3.05) is 13.1 Å². The van der Waals surface area contributed by atoms with E-state index in [-0.39, 0.29) is 18.0 Å². The van der Waals surface area contributed by atoms with Crippen molar-refractivity contribution < 1.29 is 14.0 Å². The highest BCUT2D eigenvalue weighted by Crippen LogP contribution is 2.15. The SMILES string of the molecule is CCC(=O)NCCNC(=O)c1cc2ccc(C)cc2oc1=O. The second-order valence-corrected chi connectivity index (χ2v) is 4.95. The first-order chi connectivity index (χ1) is 10.5. The van der Waals surface area contributed by atoms with Crippen LogP contribution in [-0.4, -0.2) is 24.9 Å². The van der Waals surface area contributed by atoms with Crippen molar-refractivity contribution in [2.45, 2.75) is 20.3 Å². The summed E-state index contributed by atoms with van der Waals surface area (Å²) in [5, 5.41) is 5.91. The molecule has 0 radical (unpaired) electrons. The van der Waals surface area contributed by atoms with Gasteiger partial charge in [-0.05, 0) is 24.6 Å². The second-order valence-electron chi connectivity index (χ2n) is 4.95. The summed E-state index contributed by atoms with van der Waals surface area (Å²) in [6.45, 7) is 4.20. The Kier molecular flexibility index (Phi) is 4.93. The van der Waals surface area contributed by atoms with E-state index >= 15 is 0 Å². The minimum absolute atomic E-state index is 0.0434. The average Bonchev–Trinajstić information content (AvgIpc) is 2.50. The Balaban J connectivity index is 2.08. The molecule has 2 aromatic rings. The molecule has 0 saturated carbocycles. The summed E-state index contributed by atoms with van der Waals surface area (Å²) in [5.74, 6) is -0.600. The molecule has 0 saturated heterocycles. The van der Waals surface area contributed by atoms with Crippen molar-refractivity contribution in [3.8, 4) is 0 Å². The monoisotopic (exact) mass is 302 g/mol. The molecule has 1 heterocycles. The first kappa shape index (κ1) is 15.8. The number of hydrogen-bond donors (Lipinski definition) is 2. The summed E-state index contributed by atoms with van der Waals surface area (Å²) in [6, 6.07) is 6.94. The first-order valence-electron chi connectivity index (χ1n) is 7.10. The molecule has 22 heavy (non-hydrogen) atoms. The lowest BCUT2D eigenvalue weighted by Gasteiger charge is -2.06. The number of fused-ring (bicyclic) bond motifs is 1. The van der Waals surface area contributed by atoms with E-state index in [1.54, 1.807) is 19.1 Å². The lowest BCUT2D eigenvalue weighted by atomic mass is 10.1. The highest BCUT2D eigenvalue weighted by molar-refractivity contribution is 5.96. The zero-order chi connectivity index (χ0) is 16.1. The maximum absolute atomic E-state index is 12.0. The molecular weight excluding hydrogens is 284 g/mol. The van der Waals surface area contributed by atoms with Crippen LogP contribution < -0.4 is 16.3 Å². The number of rotatable bonds is 5. The van der Waals surface area contributed by atoms with Crippen LogP contribution in [0.3, 0.4) is 0 Å². The van der Waals surface area contributed by atoms with Crippen molar-refractivity contribution in [2.24, 2.45) is 0 Å². The summed E-state index contributed by atoms with van der Waals surface area (Å²) >= 11 is 0. The van der Waals surface area contributed by atoms with Crippen LogP contribution in [0.25, 0.3) is 11.0 Å². The van der Waals surface area contributed by atoms with E-state index in [9.17, 15) is 14.4 Å². The van der Waals surface area contributed by atoms with Crippen LogP contribution in [0.4, 0.5) is 0 Å². The Morgan fingerprint density at radius 1 is 1.14 bits per heavy atom. The molecule has 116 valence electrons. The van der Waals surface area contributed by atoms with Gasteiger partial charge in [0.1, 0.15) is 11.1 Å². The molecule has 0 unspecified atom stereocenters. The fourth-order valence-electron chi connectivity index (χ4n) is 1.97. The van der Waals surface area contributed by atoms with E-state index in [1.807, 2.05) is 13.0 Å².